The molecule has 2 heterocycles. The molecule has 0 saturated heterocycles. The summed E-state index contributed by atoms with van der Waals surface area (Å²) in [5.74, 6) is 0.580. The fraction of sp³-hybridized carbons (Fsp3) is 0.286. The fourth-order valence-electron chi connectivity index (χ4n) is 3.64. The van der Waals surface area contributed by atoms with Crippen molar-refractivity contribution in [2.75, 3.05) is 4.90 Å². The summed E-state index contributed by atoms with van der Waals surface area (Å²) >= 11 is 0. The highest BCUT2D eigenvalue weighted by atomic mass is 16.2. The van der Waals surface area contributed by atoms with Crippen LogP contribution < -0.4 is 4.90 Å². The van der Waals surface area contributed by atoms with E-state index in [-0.39, 0.29) is 23.9 Å². The van der Waals surface area contributed by atoms with E-state index in [4.69, 9.17) is 0 Å². The summed E-state index contributed by atoms with van der Waals surface area (Å²) in [7, 11) is 0. The highest BCUT2D eigenvalue weighted by Crippen LogP contribution is 2.42. The predicted molar refractivity (Wildman–Crippen MR) is 101 cm³/mol. The van der Waals surface area contributed by atoms with Crippen LogP contribution in [0.1, 0.15) is 43.5 Å². The molecule has 1 aliphatic heterocycles. The van der Waals surface area contributed by atoms with E-state index < -0.39 is 0 Å². The molecule has 3 aromatic rings. The Morgan fingerprint density at radius 1 is 0.962 bits per heavy atom. The number of aromatic nitrogens is 3. The number of anilines is 1. The molecule has 26 heavy (non-hydrogen) atoms. The zero-order valence-electron chi connectivity index (χ0n) is 15.0. The maximum absolute atomic E-state index is 13.0. The summed E-state index contributed by atoms with van der Waals surface area (Å²) in [5.41, 5.74) is 2.30. The molecule has 4 rings (SSSR count). The van der Waals surface area contributed by atoms with Gasteiger partial charge in [0.15, 0.2) is 0 Å². The number of benzene rings is 2. The van der Waals surface area contributed by atoms with Gasteiger partial charge >= 0.3 is 0 Å². The third-order valence-electron chi connectivity index (χ3n) is 4.92. The third kappa shape index (κ3) is 2.79. The Labute approximate surface area is 153 Å². The van der Waals surface area contributed by atoms with E-state index in [1.165, 1.54) is 5.56 Å². The average Bonchev–Trinajstić information content (AvgIpc) is 3.17. The zero-order valence-corrected chi connectivity index (χ0v) is 15.0. The van der Waals surface area contributed by atoms with Crippen LogP contribution in [0.4, 0.5) is 5.95 Å². The van der Waals surface area contributed by atoms with Crippen molar-refractivity contribution in [2.24, 2.45) is 5.92 Å². The Morgan fingerprint density at radius 3 is 2.12 bits per heavy atom. The number of nitrogens with zero attached hydrogens (tertiary/aromatic N) is 4. The third-order valence-corrected chi connectivity index (χ3v) is 4.92. The molecule has 0 fully saturated rings. The lowest BCUT2D eigenvalue weighted by atomic mass is 9.91. The minimum absolute atomic E-state index is 0.0510. The Bertz CT molecular complexity index is 889. The Morgan fingerprint density at radius 2 is 1.54 bits per heavy atom. The SMILES string of the molecule is CC(C)C(=O)N1c2ncnn2C(c2ccccc2)CC1c1ccccc1. The summed E-state index contributed by atoms with van der Waals surface area (Å²) in [6.07, 6.45) is 2.31. The van der Waals surface area contributed by atoms with Crippen LogP contribution in [0, 0.1) is 5.92 Å². The number of hydrogen-bond acceptors (Lipinski definition) is 3. The van der Waals surface area contributed by atoms with E-state index in [9.17, 15) is 4.79 Å². The topological polar surface area (TPSA) is 51.0 Å². The van der Waals surface area contributed by atoms with Gasteiger partial charge in [-0.25, -0.2) is 4.68 Å². The van der Waals surface area contributed by atoms with Gasteiger partial charge in [0.1, 0.15) is 6.33 Å². The molecule has 132 valence electrons. The minimum atomic E-state index is -0.111. The van der Waals surface area contributed by atoms with Gasteiger partial charge in [0.05, 0.1) is 12.1 Å². The van der Waals surface area contributed by atoms with Gasteiger partial charge in [-0.3, -0.25) is 9.69 Å². The average molecular weight is 346 g/mol. The van der Waals surface area contributed by atoms with Crippen molar-refractivity contribution >= 4 is 11.9 Å². The first-order valence-corrected chi connectivity index (χ1v) is 8.99. The van der Waals surface area contributed by atoms with Crippen LogP contribution in [0.3, 0.4) is 0 Å². The van der Waals surface area contributed by atoms with Crippen LogP contribution in [0.5, 0.6) is 0 Å². The number of rotatable bonds is 3. The van der Waals surface area contributed by atoms with Crippen LogP contribution in [-0.4, -0.2) is 20.7 Å². The van der Waals surface area contributed by atoms with Crippen LogP contribution in [0.25, 0.3) is 0 Å². The normalized spacial score (nSPS) is 19.4. The maximum Gasteiger partial charge on any atom is 0.232 e. The minimum Gasteiger partial charge on any atom is -0.274 e. The second kappa shape index (κ2) is 6.75. The Kier molecular flexibility index (Phi) is 4.29. The quantitative estimate of drug-likeness (QED) is 0.720. The summed E-state index contributed by atoms with van der Waals surface area (Å²) in [4.78, 5) is 19.3. The van der Waals surface area contributed by atoms with Gasteiger partial charge in [-0.2, -0.15) is 10.1 Å². The second-order valence-electron chi connectivity index (χ2n) is 6.96. The van der Waals surface area contributed by atoms with E-state index in [1.54, 1.807) is 6.33 Å². The first-order valence-electron chi connectivity index (χ1n) is 8.99. The lowest BCUT2D eigenvalue weighted by Crippen LogP contribution is -2.44. The monoisotopic (exact) mass is 346 g/mol. The lowest BCUT2D eigenvalue weighted by molar-refractivity contribution is -0.122. The van der Waals surface area contributed by atoms with Gasteiger partial charge < -0.3 is 0 Å². The highest BCUT2D eigenvalue weighted by molar-refractivity contribution is 5.94. The molecule has 1 aliphatic rings. The van der Waals surface area contributed by atoms with Gasteiger partial charge in [-0.15, -0.1) is 0 Å². The molecule has 0 bridgehead atoms. The Hall–Kier alpha value is -2.95. The molecule has 5 nitrogen and oxygen atoms in total. The van der Waals surface area contributed by atoms with Crippen molar-refractivity contribution in [1.82, 2.24) is 14.8 Å². The number of hydrogen-bond donors (Lipinski definition) is 0. The van der Waals surface area contributed by atoms with Crippen molar-refractivity contribution in [3.63, 3.8) is 0 Å². The standard InChI is InChI=1S/C21H22N4O/c1-15(2)20(26)24-18(16-9-5-3-6-10-16)13-19(17-11-7-4-8-12-17)25-21(24)22-14-23-25/h3-12,14-15,18-19H,13H2,1-2H3. The van der Waals surface area contributed by atoms with Crippen molar-refractivity contribution < 1.29 is 4.79 Å². The van der Waals surface area contributed by atoms with E-state index in [0.29, 0.717) is 5.95 Å². The van der Waals surface area contributed by atoms with Gasteiger partial charge in [0.25, 0.3) is 0 Å². The van der Waals surface area contributed by atoms with Gasteiger partial charge in [-0.05, 0) is 17.5 Å². The molecule has 1 amide bonds. The van der Waals surface area contributed by atoms with Crippen molar-refractivity contribution in [2.45, 2.75) is 32.4 Å². The molecule has 2 unspecified atom stereocenters. The Balaban J connectivity index is 1.85. The van der Waals surface area contributed by atoms with Crippen LogP contribution >= 0.6 is 0 Å². The molecule has 0 aliphatic carbocycles. The van der Waals surface area contributed by atoms with Gasteiger partial charge in [0.2, 0.25) is 11.9 Å². The summed E-state index contributed by atoms with van der Waals surface area (Å²) < 4.78 is 1.88. The molecule has 0 radical (unpaired) electrons. The van der Waals surface area contributed by atoms with Crippen LogP contribution in [-0.2, 0) is 4.79 Å². The van der Waals surface area contributed by atoms with E-state index >= 15 is 0 Å². The van der Waals surface area contributed by atoms with Gasteiger partial charge in [0, 0.05) is 5.92 Å². The smallest absolute Gasteiger partial charge is 0.232 e. The van der Waals surface area contributed by atoms with Gasteiger partial charge in [-0.1, -0.05) is 74.5 Å². The predicted octanol–water partition coefficient (Wildman–Crippen LogP) is 4.00. The highest BCUT2D eigenvalue weighted by Gasteiger charge is 2.39. The van der Waals surface area contributed by atoms with Crippen LogP contribution in [0.15, 0.2) is 67.0 Å². The molecular formula is C21H22N4O. The van der Waals surface area contributed by atoms with E-state index in [1.807, 2.05) is 59.8 Å². The number of fused-ring (bicyclic) bond motifs is 1. The molecule has 1 aromatic heterocycles. The van der Waals surface area contributed by atoms with Crippen molar-refractivity contribution in [1.29, 1.82) is 0 Å². The largest absolute Gasteiger partial charge is 0.274 e. The lowest BCUT2D eigenvalue weighted by Gasteiger charge is -2.39. The summed E-state index contributed by atoms with van der Waals surface area (Å²) in [6, 6.07) is 20.5. The first-order chi connectivity index (χ1) is 12.7. The molecular weight excluding hydrogens is 324 g/mol. The van der Waals surface area contributed by atoms with E-state index in [0.717, 1.165) is 12.0 Å². The fourth-order valence-corrected chi connectivity index (χ4v) is 3.64. The molecule has 2 atom stereocenters. The molecule has 5 heteroatoms. The number of amides is 1. The summed E-state index contributed by atoms with van der Waals surface area (Å²) in [5, 5.41) is 4.45. The molecule has 2 aromatic carbocycles. The molecule has 0 spiro atoms. The molecule has 0 N–H and O–H groups in total. The second-order valence-corrected chi connectivity index (χ2v) is 6.96. The van der Waals surface area contributed by atoms with Crippen molar-refractivity contribution in [3.05, 3.63) is 78.1 Å². The number of carbonyl (C=O) groups is 1. The molecule has 0 saturated carbocycles. The maximum atomic E-state index is 13.0. The summed E-state index contributed by atoms with van der Waals surface area (Å²) in [6.45, 7) is 3.85. The van der Waals surface area contributed by atoms with E-state index in [2.05, 4.69) is 34.3 Å². The van der Waals surface area contributed by atoms with Crippen LogP contribution in [0.2, 0.25) is 0 Å². The zero-order chi connectivity index (χ0) is 18.1. The van der Waals surface area contributed by atoms with Crippen molar-refractivity contribution in [3.8, 4) is 0 Å². The first kappa shape index (κ1) is 16.5. The number of carbonyl (C=O) groups excluding carboxylic acids is 1.